The molecule has 0 aliphatic carbocycles. The maximum Gasteiger partial charge on any atom is 0.126 e. The number of hydrogen-bond acceptors (Lipinski definition) is 1. The number of hydrogen-bond donors (Lipinski definition) is 0. The van der Waals surface area contributed by atoms with Gasteiger partial charge >= 0.3 is 0 Å². The molecular formula is C14H12ClF2N. The van der Waals surface area contributed by atoms with E-state index in [0.29, 0.717) is 5.56 Å². The number of alkyl halides is 1. The summed E-state index contributed by atoms with van der Waals surface area (Å²) < 4.78 is 26.3. The first-order valence-electron chi connectivity index (χ1n) is 5.59. The smallest absolute Gasteiger partial charge is 0.126 e. The maximum absolute atomic E-state index is 13.1. The van der Waals surface area contributed by atoms with E-state index in [0.717, 1.165) is 11.8 Å². The molecule has 1 aromatic carbocycles. The molecule has 1 nitrogen and oxygen atoms in total. The van der Waals surface area contributed by atoms with Crippen LogP contribution >= 0.6 is 11.6 Å². The van der Waals surface area contributed by atoms with Crippen molar-refractivity contribution in [2.75, 3.05) is 0 Å². The van der Waals surface area contributed by atoms with Crippen LogP contribution in [0, 0.1) is 11.6 Å². The van der Waals surface area contributed by atoms with Crippen molar-refractivity contribution in [3.8, 4) is 0 Å². The Labute approximate surface area is 109 Å². The number of halogens is 3. The Balaban J connectivity index is 2.28. The van der Waals surface area contributed by atoms with Gasteiger partial charge in [0.05, 0.1) is 5.38 Å². The molecule has 2 unspecified atom stereocenters. The van der Waals surface area contributed by atoms with Crippen LogP contribution in [0.3, 0.4) is 0 Å². The minimum atomic E-state index is -0.621. The molecule has 2 atom stereocenters. The summed E-state index contributed by atoms with van der Waals surface area (Å²) in [6.07, 6.45) is 1.67. The molecule has 94 valence electrons. The quantitative estimate of drug-likeness (QED) is 0.749. The normalized spacial score (nSPS) is 14.2. The fourth-order valence-corrected chi connectivity index (χ4v) is 2.07. The van der Waals surface area contributed by atoms with Gasteiger partial charge in [0.1, 0.15) is 11.6 Å². The zero-order valence-electron chi connectivity index (χ0n) is 9.78. The van der Waals surface area contributed by atoms with E-state index in [-0.39, 0.29) is 5.92 Å². The highest BCUT2D eigenvalue weighted by molar-refractivity contribution is 6.21. The lowest BCUT2D eigenvalue weighted by Crippen LogP contribution is -2.05. The van der Waals surface area contributed by atoms with E-state index in [4.69, 9.17) is 11.6 Å². The zero-order chi connectivity index (χ0) is 13.1. The van der Waals surface area contributed by atoms with Gasteiger partial charge in [0.25, 0.3) is 0 Å². The van der Waals surface area contributed by atoms with Crippen molar-refractivity contribution in [2.24, 2.45) is 0 Å². The van der Waals surface area contributed by atoms with Crippen molar-refractivity contribution < 1.29 is 8.78 Å². The van der Waals surface area contributed by atoms with Gasteiger partial charge < -0.3 is 0 Å². The molecule has 2 rings (SSSR count). The third kappa shape index (κ3) is 2.85. The molecule has 0 bridgehead atoms. The van der Waals surface area contributed by atoms with Crippen molar-refractivity contribution in [3.63, 3.8) is 0 Å². The summed E-state index contributed by atoms with van der Waals surface area (Å²) in [5, 5.41) is -0.523. The van der Waals surface area contributed by atoms with Gasteiger partial charge in [-0.2, -0.15) is 0 Å². The Morgan fingerprint density at radius 3 is 2.33 bits per heavy atom. The van der Waals surface area contributed by atoms with Crippen molar-refractivity contribution in [2.45, 2.75) is 18.2 Å². The molecule has 0 amide bonds. The molecule has 18 heavy (non-hydrogen) atoms. The van der Waals surface area contributed by atoms with Crippen molar-refractivity contribution in [3.05, 3.63) is 65.5 Å². The van der Waals surface area contributed by atoms with E-state index in [1.165, 1.54) is 12.1 Å². The second-order valence-electron chi connectivity index (χ2n) is 4.15. The van der Waals surface area contributed by atoms with Crippen LogP contribution in [0.15, 0.2) is 42.6 Å². The minimum absolute atomic E-state index is 0.130. The van der Waals surface area contributed by atoms with E-state index in [1.54, 1.807) is 12.3 Å². The Morgan fingerprint density at radius 1 is 1.11 bits per heavy atom. The van der Waals surface area contributed by atoms with Gasteiger partial charge in [0.2, 0.25) is 0 Å². The van der Waals surface area contributed by atoms with Gasteiger partial charge in [-0.05, 0) is 29.8 Å². The van der Waals surface area contributed by atoms with Crippen LogP contribution < -0.4 is 0 Å². The van der Waals surface area contributed by atoms with Gasteiger partial charge in [-0.3, -0.25) is 4.98 Å². The lowest BCUT2D eigenvalue weighted by molar-refractivity contribution is 0.575. The summed E-state index contributed by atoms with van der Waals surface area (Å²) in [6.45, 7) is 1.88. The molecule has 1 heterocycles. The van der Waals surface area contributed by atoms with Crippen LogP contribution in [-0.4, -0.2) is 4.98 Å². The van der Waals surface area contributed by atoms with E-state index in [2.05, 4.69) is 4.98 Å². The van der Waals surface area contributed by atoms with Gasteiger partial charge in [0.15, 0.2) is 0 Å². The zero-order valence-corrected chi connectivity index (χ0v) is 10.5. The largest absolute Gasteiger partial charge is 0.261 e. The molecule has 0 fully saturated rings. The lowest BCUT2D eigenvalue weighted by atomic mass is 9.97. The molecule has 0 radical (unpaired) electrons. The van der Waals surface area contributed by atoms with Crippen LogP contribution in [0.5, 0.6) is 0 Å². The fraction of sp³-hybridized carbons (Fsp3) is 0.214. The van der Waals surface area contributed by atoms with Gasteiger partial charge in [-0.25, -0.2) is 8.78 Å². The van der Waals surface area contributed by atoms with Crippen LogP contribution in [0.2, 0.25) is 0 Å². The Kier molecular flexibility index (Phi) is 3.92. The molecule has 0 saturated carbocycles. The number of aromatic nitrogens is 1. The van der Waals surface area contributed by atoms with Crippen LogP contribution in [-0.2, 0) is 0 Å². The molecular weight excluding hydrogens is 256 g/mol. The SMILES string of the molecule is CC(c1ccccn1)C(Cl)c1cc(F)cc(F)c1. The first-order chi connectivity index (χ1) is 8.58. The predicted molar refractivity (Wildman–Crippen MR) is 67.6 cm³/mol. The topological polar surface area (TPSA) is 12.9 Å². The van der Waals surface area contributed by atoms with Crippen molar-refractivity contribution in [1.82, 2.24) is 4.98 Å². The molecule has 4 heteroatoms. The minimum Gasteiger partial charge on any atom is -0.261 e. The second-order valence-corrected chi connectivity index (χ2v) is 4.62. The highest BCUT2D eigenvalue weighted by Crippen LogP contribution is 2.35. The number of rotatable bonds is 3. The first kappa shape index (κ1) is 13.0. The molecule has 0 N–H and O–H groups in total. The monoisotopic (exact) mass is 267 g/mol. The highest BCUT2D eigenvalue weighted by atomic mass is 35.5. The Bertz CT molecular complexity index is 510. The lowest BCUT2D eigenvalue weighted by Gasteiger charge is -2.18. The standard InChI is InChI=1S/C14H12ClF2N/c1-9(13-4-2-3-5-18-13)14(15)10-6-11(16)8-12(17)7-10/h2-9,14H,1H3. The third-order valence-corrected chi connectivity index (χ3v) is 3.43. The summed E-state index contributed by atoms with van der Waals surface area (Å²) in [5.41, 5.74) is 1.22. The average molecular weight is 268 g/mol. The third-order valence-electron chi connectivity index (χ3n) is 2.80. The summed E-state index contributed by atoms with van der Waals surface area (Å²) >= 11 is 6.26. The molecule has 0 aliphatic heterocycles. The molecule has 0 spiro atoms. The Hall–Kier alpha value is -1.48. The fourth-order valence-electron chi connectivity index (χ4n) is 1.82. The van der Waals surface area contributed by atoms with Gasteiger partial charge in [-0.15, -0.1) is 11.6 Å². The maximum atomic E-state index is 13.1. The first-order valence-corrected chi connectivity index (χ1v) is 6.02. The van der Waals surface area contributed by atoms with Crippen molar-refractivity contribution >= 4 is 11.6 Å². The summed E-state index contributed by atoms with van der Waals surface area (Å²) in [5.74, 6) is -1.37. The highest BCUT2D eigenvalue weighted by Gasteiger charge is 2.20. The Morgan fingerprint density at radius 2 is 1.78 bits per heavy atom. The van der Waals surface area contributed by atoms with Crippen LogP contribution in [0.4, 0.5) is 8.78 Å². The molecule has 0 aliphatic rings. The molecule has 1 aromatic heterocycles. The van der Waals surface area contributed by atoms with Gasteiger partial charge in [-0.1, -0.05) is 13.0 Å². The number of pyridine rings is 1. The molecule has 2 aromatic rings. The van der Waals surface area contributed by atoms with Crippen LogP contribution in [0.1, 0.15) is 29.5 Å². The molecule has 0 saturated heterocycles. The van der Waals surface area contributed by atoms with Gasteiger partial charge in [0, 0.05) is 23.9 Å². The van der Waals surface area contributed by atoms with E-state index < -0.39 is 17.0 Å². The van der Waals surface area contributed by atoms with Crippen molar-refractivity contribution in [1.29, 1.82) is 0 Å². The number of nitrogens with zero attached hydrogens (tertiary/aromatic N) is 1. The predicted octanol–water partition coefficient (Wildman–Crippen LogP) is 4.44. The number of benzene rings is 1. The average Bonchev–Trinajstić information content (AvgIpc) is 2.37. The van der Waals surface area contributed by atoms with E-state index in [1.807, 2.05) is 19.1 Å². The summed E-state index contributed by atoms with van der Waals surface area (Å²) in [6, 6.07) is 8.84. The van der Waals surface area contributed by atoms with E-state index in [9.17, 15) is 8.78 Å². The van der Waals surface area contributed by atoms with Crippen LogP contribution in [0.25, 0.3) is 0 Å². The summed E-state index contributed by atoms with van der Waals surface area (Å²) in [4.78, 5) is 4.20. The second kappa shape index (κ2) is 5.44. The summed E-state index contributed by atoms with van der Waals surface area (Å²) in [7, 11) is 0. The van der Waals surface area contributed by atoms with E-state index >= 15 is 0 Å².